The Kier molecular flexibility index (Phi) is 2.81. The molecule has 0 saturated heterocycles. The topological polar surface area (TPSA) is 68.9 Å². The molecule has 2 aromatic heterocycles. The SMILES string of the molecule is CC(C(=O)O)(c1c[nH]c2ccccc12)c1c[nH]c2ccccc12. The summed E-state index contributed by atoms with van der Waals surface area (Å²) in [6, 6.07) is 15.5. The summed E-state index contributed by atoms with van der Waals surface area (Å²) in [4.78, 5) is 18.6. The van der Waals surface area contributed by atoms with E-state index in [2.05, 4.69) is 9.97 Å². The van der Waals surface area contributed by atoms with Crippen LogP contribution in [0.2, 0.25) is 0 Å². The lowest BCUT2D eigenvalue weighted by atomic mass is 9.76. The van der Waals surface area contributed by atoms with Crippen molar-refractivity contribution < 1.29 is 9.90 Å². The third-order valence-electron chi connectivity index (χ3n) is 4.68. The van der Waals surface area contributed by atoms with Crippen LogP contribution in [0.3, 0.4) is 0 Å². The van der Waals surface area contributed by atoms with Gasteiger partial charge in [0.15, 0.2) is 0 Å². The highest BCUT2D eigenvalue weighted by atomic mass is 16.4. The van der Waals surface area contributed by atoms with E-state index in [9.17, 15) is 9.90 Å². The number of hydrogen-bond donors (Lipinski definition) is 3. The number of nitrogens with one attached hydrogen (secondary N) is 2. The van der Waals surface area contributed by atoms with E-state index < -0.39 is 11.4 Å². The van der Waals surface area contributed by atoms with Gasteiger partial charge in [-0.1, -0.05) is 36.4 Å². The molecule has 4 rings (SSSR count). The lowest BCUT2D eigenvalue weighted by Crippen LogP contribution is -2.33. The Morgan fingerprint density at radius 2 is 1.30 bits per heavy atom. The molecule has 0 radical (unpaired) electrons. The maximum absolute atomic E-state index is 12.3. The average molecular weight is 304 g/mol. The first-order chi connectivity index (χ1) is 11.1. The zero-order valence-corrected chi connectivity index (χ0v) is 12.6. The maximum atomic E-state index is 12.3. The molecule has 114 valence electrons. The first-order valence-corrected chi connectivity index (χ1v) is 7.49. The molecule has 0 unspecified atom stereocenters. The zero-order valence-electron chi connectivity index (χ0n) is 12.6. The van der Waals surface area contributed by atoms with Gasteiger partial charge < -0.3 is 15.1 Å². The Balaban J connectivity index is 2.05. The Morgan fingerprint density at radius 3 is 1.74 bits per heavy atom. The average Bonchev–Trinajstić information content (AvgIpc) is 3.18. The van der Waals surface area contributed by atoms with Gasteiger partial charge in [0.2, 0.25) is 0 Å². The van der Waals surface area contributed by atoms with Crippen molar-refractivity contribution in [3.05, 3.63) is 72.1 Å². The molecule has 4 nitrogen and oxygen atoms in total. The van der Waals surface area contributed by atoms with Gasteiger partial charge in [-0.2, -0.15) is 0 Å². The molecule has 0 fully saturated rings. The molecule has 4 heteroatoms. The van der Waals surface area contributed by atoms with Crippen LogP contribution in [-0.2, 0) is 10.2 Å². The normalized spacial score (nSPS) is 12.0. The fourth-order valence-electron chi connectivity index (χ4n) is 3.35. The summed E-state index contributed by atoms with van der Waals surface area (Å²) >= 11 is 0. The predicted octanol–water partition coefficient (Wildman–Crippen LogP) is 4.04. The van der Waals surface area contributed by atoms with Gasteiger partial charge >= 0.3 is 5.97 Å². The molecule has 0 amide bonds. The molecular weight excluding hydrogens is 288 g/mol. The molecule has 2 aromatic carbocycles. The van der Waals surface area contributed by atoms with Crippen LogP contribution in [0, 0.1) is 0 Å². The number of carboxylic acids is 1. The highest BCUT2D eigenvalue weighted by Gasteiger charge is 2.40. The molecule has 3 N–H and O–H groups in total. The molecule has 0 aliphatic heterocycles. The second kappa shape index (κ2) is 4.74. The summed E-state index contributed by atoms with van der Waals surface area (Å²) in [7, 11) is 0. The molecule has 0 aliphatic rings. The van der Waals surface area contributed by atoms with Gasteiger partial charge in [-0.3, -0.25) is 4.79 Å². The van der Waals surface area contributed by atoms with Crippen LogP contribution >= 0.6 is 0 Å². The first-order valence-electron chi connectivity index (χ1n) is 7.49. The van der Waals surface area contributed by atoms with E-state index in [-0.39, 0.29) is 0 Å². The fraction of sp³-hybridized carbons (Fsp3) is 0.105. The van der Waals surface area contributed by atoms with E-state index in [1.165, 1.54) is 0 Å². The Hall–Kier alpha value is -3.01. The zero-order chi connectivity index (χ0) is 16.0. The first kappa shape index (κ1) is 13.6. The van der Waals surface area contributed by atoms with Crippen molar-refractivity contribution >= 4 is 27.8 Å². The fourth-order valence-corrected chi connectivity index (χ4v) is 3.35. The van der Waals surface area contributed by atoms with Crippen LogP contribution in [0.15, 0.2) is 60.9 Å². The number of fused-ring (bicyclic) bond motifs is 2. The molecular formula is C19H16N2O2. The molecule has 0 aliphatic carbocycles. The number of carboxylic acid groups (broad SMARTS) is 1. The van der Waals surface area contributed by atoms with E-state index in [0.717, 1.165) is 32.9 Å². The van der Waals surface area contributed by atoms with Crippen LogP contribution in [0.1, 0.15) is 18.1 Å². The molecule has 4 aromatic rings. The summed E-state index contributed by atoms with van der Waals surface area (Å²) in [5, 5.41) is 11.9. The summed E-state index contributed by atoms with van der Waals surface area (Å²) < 4.78 is 0. The van der Waals surface area contributed by atoms with E-state index in [0.29, 0.717) is 0 Å². The summed E-state index contributed by atoms with van der Waals surface area (Å²) in [6.07, 6.45) is 3.61. The number of benzene rings is 2. The number of aromatic amines is 2. The number of H-pyrrole nitrogens is 2. The van der Waals surface area contributed by atoms with E-state index in [4.69, 9.17) is 0 Å². The highest BCUT2D eigenvalue weighted by Crippen LogP contribution is 2.40. The van der Waals surface area contributed by atoms with E-state index in [1.807, 2.05) is 48.5 Å². The smallest absolute Gasteiger partial charge is 0.318 e. The molecule has 0 spiro atoms. The number of aliphatic carboxylic acids is 1. The minimum atomic E-state index is -1.14. The summed E-state index contributed by atoms with van der Waals surface area (Å²) in [6.45, 7) is 1.76. The van der Waals surface area contributed by atoms with Crippen molar-refractivity contribution in [2.24, 2.45) is 0 Å². The van der Waals surface area contributed by atoms with Gasteiger partial charge in [-0.25, -0.2) is 0 Å². The molecule has 0 saturated carbocycles. The van der Waals surface area contributed by atoms with Gasteiger partial charge in [-0.15, -0.1) is 0 Å². The second-order valence-corrected chi connectivity index (χ2v) is 5.93. The largest absolute Gasteiger partial charge is 0.480 e. The van der Waals surface area contributed by atoms with Crippen molar-refractivity contribution in [3.63, 3.8) is 0 Å². The number of carbonyl (C=O) groups is 1. The molecule has 23 heavy (non-hydrogen) atoms. The maximum Gasteiger partial charge on any atom is 0.318 e. The van der Waals surface area contributed by atoms with Crippen LogP contribution < -0.4 is 0 Å². The van der Waals surface area contributed by atoms with Gasteiger partial charge in [-0.05, 0) is 30.2 Å². The standard InChI is InChI=1S/C19H16N2O2/c1-19(18(22)23,14-10-20-16-8-4-2-6-12(14)16)15-11-21-17-9-5-3-7-13(15)17/h2-11,20-21H,1H3,(H,22,23). The van der Waals surface area contributed by atoms with Crippen LogP contribution in [0.25, 0.3) is 21.8 Å². The van der Waals surface area contributed by atoms with Gasteiger partial charge in [0, 0.05) is 34.2 Å². The van der Waals surface area contributed by atoms with E-state index in [1.54, 1.807) is 19.3 Å². The number of rotatable bonds is 3. The minimum absolute atomic E-state index is 0.769. The number of aromatic nitrogens is 2. The predicted molar refractivity (Wildman–Crippen MR) is 90.7 cm³/mol. The molecule has 0 atom stereocenters. The third kappa shape index (κ3) is 1.81. The van der Waals surface area contributed by atoms with Crippen molar-refractivity contribution in [2.75, 3.05) is 0 Å². The van der Waals surface area contributed by atoms with Crippen molar-refractivity contribution in [2.45, 2.75) is 12.3 Å². The second-order valence-electron chi connectivity index (χ2n) is 5.93. The Morgan fingerprint density at radius 1 is 0.870 bits per heavy atom. The lowest BCUT2D eigenvalue weighted by Gasteiger charge is -2.24. The number of para-hydroxylation sites is 2. The van der Waals surface area contributed by atoms with Crippen LogP contribution in [-0.4, -0.2) is 21.0 Å². The van der Waals surface area contributed by atoms with Crippen molar-refractivity contribution in [1.29, 1.82) is 0 Å². The third-order valence-corrected chi connectivity index (χ3v) is 4.68. The highest BCUT2D eigenvalue weighted by molar-refractivity contribution is 5.99. The monoisotopic (exact) mass is 304 g/mol. The van der Waals surface area contributed by atoms with Crippen molar-refractivity contribution in [1.82, 2.24) is 9.97 Å². The summed E-state index contributed by atoms with van der Waals surface area (Å²) in [5.74, 6) is -0.869. The van der Waals surface area contributed by atoms with Crippen molar-refractivity contribution in [3.8, 4) is 0 Å². The Bertz CT molecular complexity index is 952. The Labute approximate surface area is 132 Å². The number of hydrogen-bond acceptors (Lipinski definition) is 1. The lowest BCUT2D eigenvalue weighted by molar-refractivity contribution is -0.141. The van der Waals surface area contributed by atoms with Crippen LogP contribution in [0.5, 0.6) is 0 Å². The van der Waals surface area contributed by atoms with E-state index >= 15 is 0 Å². The van der Waals surface area contributed by atoms with Gasteiger partial charge in [0.05, 0.1) is 0 Å². The molecule has 0 bridgehead atoms. The molecule has 2 heterocycles. The quantitative estimate of drug-likeness (QED) is 0.534. The van der Waals surface area contributed by atoms with Gasteiger partial charge in [0.1, 0.15) is 5.41 Å². The summed E-state index contributed by atoms with van der Waals surface area (Å²) in [5.41, 5.74) is 2.28. The van der Waals surface area contributed by atoms with Crippen LogP contribution in [0.4, 0.5) is 0 Å². The van der Waals surface area contributed by atoms with Gasteiger partial charge in [0.25, 0.3) is 0 Å². The minimum Gasteiger partial charge on any atom is -0.480 e.